The fourth-order valence-electron chi connectivity index (χ4n) is 5.13. The molecule has 5 rings (SSSR count). The van der Waals surface area contributed by atoms with Gasteiger partial charge in [-0.3, -0.25) is 14.8 Å². The molecule has 0 radical (unpaired) electrons. The molecule has 4 aromatic rings. The number of aryl methyl sites for hydroxylation is 2. The molecule has 1 saturated heterocycles. The van der Waals surface area contributed by atoms with Gasteiger partial charge in [-0.1, -0.05) is 19.9 Å². The van der Waals surface area contributed by atoms with E-state index in [1.807, 2.05) is 69.6 Å². The molecule has 194 valence electrons. The van der Waals surface area contributed by atoms with Crippen LogP contribution in [0.25, 0.3) is 5.69 Å². The summed E-state index contributed by atoms with van der Waals surface area (Å²) in [7, 11) is 0. The monoisotopic (exact) mass is 524 g/mol. The maximum Gasteiger partial charge on any atom is 0.226 e. The minimum atomic E-state index is -0.146. The fraction of sp³-hybridized carbons (Fsp3) is 0.267. The number of carbonyl (C=O) groups excluding carboxylic acids is 1. The maximum absolute atomic E-state index is 12.3. The molecule has 0 bridgehead atoms. The van der Waals surface area contributed by atoms with Crippen molar-refractivity contribution in [1.29, 1.82) is 0 Å². The highest BCUT2D eigenvalue weighted by Crippen LogP contribution is 2.44. The van der Waals surface area contributed by atoms with Gasteiger partial charge in [0.1, 0.15) is 0 Å². The molecule has 7 nitrogen and oxygen atoms in total. The van der Waals surface area contributed by atoms with Gasteiger partial charge in [-0.05, 0) is 92.6 Å². The van der Waals surface area contributed by atoms with Crippen LogP contribution in [0.1, 0.15) is 54.1 Å². The molecule has 1 aliphatic rings. The first-order chi connectivity index (χ1) is 18.3. The minimum Gasteiger partial charge on any atom is -0.351 e. The number of benzene rings is 1. The van der Waals surface area contributed by atoms with E-state index in [1.165, 1.54) is 0 Å². The smallest absolute Gasteiger partial charge is 0.226 e. The summed E-state index contributed by atoms with van der Waals surface area (Å²) in [6.07, 6.45) is 5.48. The lowest BCUT2D eigenvalue weighted by Gasteiger charge is -2.29. The molecule has 8 heteroatoms. The van der Waals surface area contributed by atoms with Crippen molar-refractivity contribution in [2.45, 2.75) is 46.7 Å². The molecule has 3 aromatic heterocycles. The predicted octanol–water partition coefficient (Wildman–Crippen LogP) is 5.96. The molecule has 0 aliphatic carbocycles. The lowest BCUT2D eigenvalue weighted by Crippen LogP contribution is -2.29. The van der Waals surface area contributed by atoms with Crippen LogP contribution in [-0.4, -0.2) is 25.6 Å². The zero-order valence-electron chi connectivity index (χ0n) is 22.3. The summed E-state index contributed by atoms with van der Waals surface area (Å²) in [5.74, 6) is -0.0989. The van der Waals surface area contributed by atoms with Gasteiger partial charge in [0.2, 0.25) is 5.91 Å². The van der Waals surface area contributed by atoms with Crippen LogP contribution in [-0.2, 0) is 4.79 Å². The number of nitrogens with zero attached hydrogens (tertiary/aromatic N) is 4. The van der Waals surface area contributed by atoms with Gasteiger partial charge < -0.3 is 20.1 Å². The first-order valence-electron chi connectivity index (χ1n) is 12.8. The number of anilines is 2. The van der Waals surface area contributed by atoms with Gasteiger partial charge in [-0.15, -0.1) is 0 Å². The van der Waals surface area contributed by atoms with Gasteiger partial charge in [0.25, 0.3) is 0 Å². The van der Waals surface area contributed by atoms with E-state index in [-0.39, 0.29) is 23.9 Å². The molecule has 1 amide bonds. The zero-order chi connectivity index (χ0) is 27.0. The van der Waals surface area contributed by atoms with Crippen LogP contribution in [0.4, 0.5) is 11.4 Å². The summed E-state index contributed by atoms with van der Waals surface area (Å²) in [5.41, 5.74) is 8.07. The Labute approximate surface area is 228 Å². The summed E-state index contributed by atoms with van der Waals surface area (Å²) in [4.78, 5) is 23.5. The Morgan fingerprint density at radius 2 is 1.84 bits per heavy atom. The van der Waals surface area contributed by atoms with Crippen molar-refractivity contribution in [2.75, 3.05) is 10.2 Å². The van der Waals surface area contributed by atoms with Crippen molar-refractivity contribution in [3.8, 4) is 5.69 Å². The van der Waals surface area contributed by atoms with Crippen LogP contribution in [0.3, 0.4) is 0 Å². The molecule has 2 N–H and O–H groups in total. The van der Waals surface area contributed by atoms with Crippen LogP contribution in [0, 0.1) is 26.7 Å². The lowest BCUT2D eigenvalue weighted by molar-refractivity contribution is -0.118. The largest absolute Gasteiger partial charge is 0.351 e. The van der Waals surface area contributed by atoms with E-state index in [0.29, 0.717) is 5.11 Å². The van der Waals surface area contributed by atoms with E-state index in [9.17, 15) is 4.79 Å². The quantitative estimate of drug-likeness (QED) is 0.303. The first kappa shape index (κ1) is 25.6. The summed E-state index contributed by atoms with van der Waals surface area (Å²) in [6.45, 7) is 10.0. The van der Waals surface area contributed by atoms with Crippen molar-refractivity contribution in [3.05, 3.63) is 101 Å². The van der Waals surface area contributed by atoms with Gasteiger partial charge in [-0.25, -0.2) is 0 Å². The highest BCUT2D eigenvalue weighted by molar-refractivity contribution is 7.80. The number of thiocarbonyl (C=S) groups is 1. The molecule has 1 aromatic carbocycles. The van der Waals surface area contributed by atoms with Crippen LogP contribution in [0.15, 0.2) is 73.2 Å². The molecule has 1 aliphatic heterocycles. The van der Waals surface area contributed by atoms with Crippen molar-refractivity contribution in [2.24, 2.45) is 5.92 Å². The Hall–Kier alpha value is -4.04. The Balaban J connectivity index is 1.61. The highest BCUT2D eigenvalue weighted by Gasteiger charge is 2.42. The van der Waals surface area contributed by atoms with Crippen molar-refractivity contribution < 1.29 is 4.79 Å². The van der Waals surface area contributed by atoms with E-state index < -0.39 is 0 Å². The second-order valence-electron chi connectivity index (χ2n) is 10.0. The molecule has 0 spiro atoms. The second-order valence-corrected chi connectivity index (χ2v) is 10.4. The number of aromatic nitrogens is 3. The second kappa shape index (κ2) is 10.4. The minimum absolute atomic E-state index is 0.00450. The van der Waals surface area contributed by atoms with Crippen LogP contribution in [0.5, 0.6) is 0 Å². The molecule has 4 heterocycles. The third-order valence-corrected chi connectivity index (χ3v) is 7.38. The van der Waals surface area contributed by atoms with Gasteiger partial charge in [-0.2, -0.15) is 0 Å². The lowest BCUT2D eigenvalue weighted by atomic mass is 9.96. The van der Waals surface area contributed by atoms with Crippen molar-refractivity contribution >= 4 is 34.6 Å². The number of carbonyl (C=O) groups is 1. The van der Waals surface area contributed by atoms with E-state index >= 15 is 0 Å². The normalized spacial score (nSPS) is 17.1. The first-order valence-corrected chi connectivity index (χ1v) is 13.2. The summed E-state index contributed by atoms with van der Waals surface area (Å²) < 4.78 is 2.23. The Bertz CT molecular complexity index is 1480. The predicted molar refractivity (Wildman–Crippen MR) is 156 cm³/mol. The molecule has 38 heavy (non-hydrogen) atoms. The summed E-state index contributed by atoms with van der Waals surface area (Å²) >= 11 is 5.93. The standard InChI is InChI=1S/C30H32N6OS/c1-18(2)29(37)33-25-12-11-22(15-19(25)3)36-28(27(34-30(36)38)26-10-6-7-14-32-26)24-16-20(4)35(21(24)5)23-9-8-13-31-17-23/h6-18,27-28H,1-5H3,(H,33,37)(H,34,38)/t27-,28+/m1/s1. The zero-order valence-corrected chi connectivity index (χ0v) is 23.1. The maximum atomic E-state index is 12.3. The van der Waals surface area contributed by atoms with Gasteiger partial charge >= 0.3 is 0 Å². The number of hydrogen-bond acceptors (Lipinski definition) is 4. The number of hydrogen-bond donors (Lipinski definition) is 2. The van der Waals surface area contributed by atoms with E-state index in [4.69, 9.17) is 12.2 Å². The third kappa shape index (κ3) is 4.67. The van der Waals surface area contributed by atoms with Crippen LogP contribution < -0.4 is 15.5 Å². The van der Waals surface area contributed by atoms with E-state index in [2.05, 4.69) is 62.1 Å². The van der Waals surface area contributed by atoms with Gasteiger partial charge in [0, 0.05) is 41.1 Å². The Morgan fingerprint density at radius 1 is 1.03 bits per heavy atom. The average Bonchev–Trinajstić information content (AvgIpc) is 3.41. The molecule has 1 fully saturated rings. The van der Waals surface area contributed by atoms with Crippen LogP contribution >= 0.6 is 12.2 Å². The summed E-state index contributed by atoms with van der Waals surface area (Å²) in [6, 6.07) is 18.0. The van der Waals surface area contributed by atoms with Crippen molar-refractivity contribution in [3.63, 3.8) is 0 Å². The van der Waals surface area contributed by atoms with Crippen molar-refractivity contribution in [1.82, 2.24) is 19.9 Å². The number of rotatable bonds is 6. The van der Waals surface area contributed by atoms with Crippen LogP contribution in [0.2, 0.25) is 0 Å². The average molecular weight is 525 g/mol. The fourth-order valence-corrected chi connectivity index (χ4v) is 5.48. The highest BCUT2D eigenvalue weighted by atomic mass is 32.1. The Kier molecular flexibility index (Phi) is 6.99. The molecular weight excluding hydrogens is 492 g/mol. The van der Waals surface area contributed by atoms with E-state index in [1.54, 1.807) is 6.20 Å². The molecule has 0 unspecified atom stereocenters. The van der Waals surface area contributed by atoms with Gasteiger partial charge in [0.05, 0.1) is 29.7 Å². The molecular formula is C30H32N6OS. The van der Waals surface area contributed by atoms with E-state index in [0.717, 1.165) is 45.3 Å². The third-order valence-electron chi connectivity index (χ3n) is 7.06. The number of nitrogens with one attached hydrogen (secondary N) is 2. The topological polar surface area (TPSA) is 75.1 Å². The molecule has 2 atom stereocenters. The SMILES string of the molecule is Cc1cc(N2C(=S)N[C@H](c3ccccn3)[C@@H]2c2cc(C)n(-c3cccnc3)c2C)ccc1NC(=O)C(C)C. The summed E-state index contributed by atoms with van der Waals surface area (Å²) in [5, 5.41) is 7.21. The number of pyridine rings is 2. The Morgan fingerprint density at radius 3 is 2.50 bits per heavy atom. The molecule has 0 saturated carbocycles. The van der Waals surface area contributed by atoms with Gasteiger partial charge in [0.15, 0.2) is 5.11 Å². The number of amides is 1.